The molecule has 0 unspecified atom stereocenters. The summed E-state index contributed by atoms with van der Waals surface area (Å²) >= 11 is 0. The van der Waals surface area contributed by atoms with E-state index in [0.29, 0.717) is 19.0 Å². The standard InChI is InChI=1S/C22H25NO4/c1-13(15-5-6-17-10-18(27-2)8-7-16(17)9-15)21(24)23-11-19(14-3-4-14)20(12-23)22(25)26/h5-10,13-14,19-20H,3-4,11-12H2,1-2H3,(H,25,26)/t13-,19+,20-/m0/s1. The van der Waals surface area contributed by atoms with Gasteiger partial charge in [-0.1, -0.05) is 24.3 Å². The van der Waals surface area contributed by atoms with Crippen molar-refractivity contribution in [3.8, 4) is 5.75 Å². The van der Waals surface area contributed by atoms with E-state index in [9.17, 15) is 14.7 Å². The summed E-state index contributed by atoms with van der Waals surface area (Å²) in [6.45, 7) is 2.83. The van der Waals surface area contributed by atoms with E-state index < -0.39 is 11.9 Å². The molecule has 4 rings (SSSR count). The third-order valence-corrected chi connectivity index (χ3v) is 6.16. The van der Waals surface area contributed by atoms with E-state index in [0.717, 1.165) is 34.9 Å². The molecule has 1 saturated carbocycles. The molecule has 5 heteroatoms. The predicted octanol–water partition coefficient (Wildman–Crippen LogP) is 3.52. The van der Waals surface area contributed by atoms with Crippen LogP contribution in [0.15, 0.2) is 36.4 Å². The third-order valence-electron chi connectivity index (χ3n) is 6.16. The molecule has 142 valence electrons. The number of carbonyl (C=O) groups is 2. The van der Waals surface area contributed by atoms with Crippen LogP contribution in [0.5, 0.6) is 5.75 Å². The zero-order chi connectivity index (χ0) is 19.1. The van der Waals surface area contributed by atoms with Crippen molar-refractivity contribution in [2.75, 3.05) is 20.2 Å². The molecule has 0 radical (unpaired) electrons. The monoisotopic (exact) mass is 367 g/mol. The molecule has 0 spiro atoms. The van der Waals surface area contributed by atoms with E-state index in [1.54, 1.807) is 12.0 Å². The SMILES string of the molecule is COc1ccc2cc([C@H](C)C(=O)N3C[C@H](C(=O)O)[C@@H](C4CC4)C3)ccc2c1. The van der Waals surface area contributed by atoms with E-state index >= 15 is 0 Å². The summed E-state index contributed by atoms with van der Waals surface area (Å²) in [4.78, 5) is 26.4. The molecule has 3 atom stereocenters. The first-order chi connectivity index (χ1) is 13.0. The van der Waals surface area contributed by atoms with Crippen LogP contribution in [0.1, 0.15) is 31.2 Å². The second kappa shape index (κ2) is 6.87. The number of amides is 1. The summed E-state index contributed by atoms with van der Waals surface area (Å²) < 4.78 is 5.26. The lowest BCUT2D eigenvalue weighted by molar-refractivity contribution is -0.142. The lowest BCUT2D eigenvalue weighted by Gasteiger charge is -2.21. The van der Waals surface area contributed by atoms with Crippen LogP contribution in [0, 0.1) is 17.8 Å². The fraction of sp³-hybridized carbons (Fsp3) is 0.455. The van der Waals surface area contributed by atoms with Gasteiger partial charge >= 0.3 is 5.97 Å². The molecular formula is C22H25NO4. The van der Waals surface area contributed by atoms with Gasteiger partial charge in [0.25, 0.3) is 0 Å². The van der Waals surface area contributed by atoms with Crippen LogP contribution in [-0.4, -0.2) is 42.1 Å². The minimum atomic E-state index is -0.769. The maximum Gasteiger partial charge on any atom is 0.308 e. The maximum absolute atomic E-state index is 13.1. The van der Waals surface area contributed by atoms with Crippen LogP contribution in [0.2, 0.25) is 0 Å². The highest BCUT2D eigenvalue weighted by Crippen LogP contribution is 2.44. The molecule has 0 aromatic heterocycles. The van der Waals surface area contributed by atoms with E-state index in [2.05, 4.69) is 0 Å². The minimum Gasteiger partial charge on any atom is -0.497 e. The van der Waals surface area contributed by atoms with Gasteiger partial charge in [-0.25, -0.2) is 0 Å². The van der Waals surface area contributed by atoms with Gasteiger partial charge in [0.15, 0.2) is 0 Å². The van der Waals surface area contributed by atoms with Crippen LogP contribution in [0.25, 0.3) is 10.8 Å². The first-order valence-electron chi connectivity index (χ1n) is 9.57. The summed E-state index contributed by atoms with van der Waals surface area (Å²) in [5.41, 5.74) is 0.958. The second-order valence-corrected chi connectivity index (χ2v) is 7.88. The van der Waals surface area contributed by atoms with Crippen LogP contribution < -0.4 is 4.74 Å². The number of aliphatic carboxylic acids is 1. The Kier molecular flexibility index (Phi) is 4.54. The Morgan fingerprint density at radius 3 is 2.48 bits per heavy atom. The number of benzene rings is 2. The largest absolute Gasteiger partial charge is 0.497 e. The maximum atomic E-state index is 13.1. The molecule has 5 nitrogen and oxygen atoms in total. The van der Waals surface area contributed by atoms with E-state index in [1.807, 2.05) is 43.3 Å². The van der Waals surface area contributed by atoms with Crippen LogP contribution in [0.3, 0.4) is 0 Å². The Hall–Kier alpha value is -2.56. The van der Waals surface area contributed by atoms with E-state index in [1.165, 1.54) is 0 Å². The van der Waals surface area contributed by atoms with Crippen molar-refractivity contribution in [1.29, 1.82) is 0 Å². The second-order valence-electron chi connectivity index (χ2n) is 7.88. The summed E-state index contributed by atoms with van der Waals surface area (Å²) in [5, 5.41) is 11.7. The molecule has 27 heavy (non-hydrogen) atoms. The van der Waals surface area contributed by atoms with E-state index in [-0.39, 0.29) is 17.7 Å². The van der Waals surface area contributed by atoms with Gasteiger partial charge in [0.1, 0.15) is 5.75 Å². The molecule has 2 aromatic rings. The number of likely N-dealkylation sites (tertiary alicyclic amines) is 1. The minimum absolute atomic E-state index is 0.0252. The van der Waals surface area contributed by atoms with Crippen molar-refractivity contribution in [2.24, 2.45) is 17.8 Å². The zero-order valence-electron chi connectivity index (χ0n) is 15.7. The Morgan fingerprint density at radius 1 is 1.11 bits per heavy atom. The van der Waals surface area contributed by atoms with Gasteiger partial charge < -0.3 is 14.7 Å². The van der Waals surface area contributed by atoms with Gasteiger partial charge in [-0.2, -0.15) is 0 Å². The van der Waals surface area contributed by atoms with Crippen LogP contribution in [0.4, 0.5) is 0 Å². The fourth-order valence-electron chi connectivity index (χ4n) is 4.33. The number of fused-ring (bicyclic) bond motifs is 1. The fourth-order valence-corrected chi connectivity index (χ4v) is 4.33. The Bertz CT molecular complexity index is 889. The van der Waals surface area contributed by atoms with Gasteiger partial charge in [-0.3, -0.25) is 9.59 Å². The molecule has 2 aromatic carbocycles. The molecule has 1 aliphatic heterocycles. The molecule has 2 fully saturated rings. The lowest BCUT2D eigenvalue weighted by atomic mass is 9.92. The van der Waals surface area contributed by atoms with Crippen LogP contribution >= 0.6 is 0 Å². The first kappa shape index (κ1) is 17.8. The smallest absolute Gasteiger partial charge is 0.308 e. The van der Waals surface area contributed by atoms with Gasteiger partial charge in [0, 0.05) is 13.1 Å². The van der Waals surface area contributed by atoms with Gasteiger partial charge in [0.05, 0.1) is 18.9 Å². The number of rotatable bonds is 5. The number of hydrogen-bond donors (Lipinski definition) is 1. The Morgan fingerprint density at radius 2 is 1.81 bits per heavy atom. The average molecular weight is 367 g/mol. The summed E-state index contributed by atoms with van der Waals surface area (Å²) in [7, 11) is 1.64. The highest BCUT2D eigenvalue weighted by molar-refractivity contribution is 5.89. The molecule has 1 saturated heterocycles. The van der Waals surface area contributed by atoms with E-state index in [4.69, 9.17) is 4.74 Å². The predicted molar refractivity (Wildman–Crippen MR) is 103 cm³/mol. The summed E-state index contributed by atoms with van der Waals surface area (Å²) in [6.07, 6.45) is 2.19. The van der Waals surface area contributed by atoms with Gasteiger partial charge in [0.2, 0.25) is 5.91 Å². The van der Waals surface area contributed by atoms with Crippen molar-refractivity contribution < 1.29 is 19.4 Å². The topological polar surface area (TPSA) is 66.8 Å². The third kappa shape index (κ3) is 3.38. The quantitative estimate of drug-likeness (QED) is 0.878. The van der Waals surface area contributed by atoms with Gasteiger partial charge in [-0.15, -0.1) is 0 Å². The number of hydrogen-bond acceptors (Lipinski definition) is 3. The number of methoxy groups -OCH3 is 1. The summed E-state index contributed by atoms with van der Waals surface area (Å²) in [5.74, 6) is -0.0479. The lowest BCUT2D eigenvalue weighted by Crippen LogP contribution is -2.33. The highest BCUT2D eigenvalue weighted by Gasteiger charge is 2.47. The molecular weight excluding hydrogens is 342 g/mol. The van der Waals surface area contributed by atoms with Crippen molar-refractivity contribution in [3.05, 3.63) is 42.0 Å². The average Bonchev–Trinajstić information content (AvgIpc) is 3.43. The molecule has 2 aliphatic rings. The van der Waals surface area contributed by atoms with Crippen molar-refractivity contribution in [2.45, 2.75) is 25.7 Å². The molecule has 1 aliphatic carbocycles. The molecule has 1 amide bonds. The number of carboxylic acid groups (broad SMARTS) is 1. The normalized spacial score (nSPS) is 23.4. The number of nitrogens with zero attached hydrogens (tertiary/aromatic N) is 1. The molecule has 1 N–H and O–H groups in total. The molecule has 1 heterocycles. The Labute approximate surface area is 158 Å². The van der Waals surface area contributed by atoms with Crippen LogP contribution in [-0.2, 0) is 9.59 Å². The molecule has 0 bridgehead atoms. The highest BCUT2D eigenvalue weighted by atomic mass is 16.5. The number of carboxylic acids is 1. The zero-order valence-corrected chi connectivity index (χ0v) is 15.7. The summed E-state index contributed by atoms with van der Waals surface area (Å²) in [6, 6.07) is 11.9. The number of carbonyl (C=O) groups excluding carboxylic acids is 1. The van der Waals surface area contributed by atoms with Crippen molar-refractivity contribution in [1.82, 2.24) is 4.90 Å². The Balaban J connectivity index is 1.53. The number of ether oxygens (including phenoxy) is 1. The van der Waals surface area contributed by atoms with Crippen molar-refractivity contribution in [3.63, 3.8) is 0 Å². The first-order valence-corrected chi connectivity index (χ1v) is 9.57. The van der Waals surface area contributed by atoms with Gasteiger partial charge in [-0.05, 0) is 60.1 Å². The van der Waals surface area contributed by atoms with Crippen molar-refractivity contribution >= 4 is 22.6 Å².